The molecule has 24 heavy (non-hydrogen) atoms. The van der Waals surface area contributed by atoms with Crippen LogP contribution in [0.2, 0.25) is 13.3 Å². The first-order valence-corrected chi connectivity index (χ1v) is 17.3. The molecule has 0 amide bonds. The number of H-pyrrole nitrogens is 1. The van der Waals surface area contributed by atoms with E-state index in [1.807, 2.05) is 6.20 Å². The predicted octanol–water partition coefficient (Wildman–Crippen LogP) is 6.04. The molecule has 0 aliphatic carbocycles. The van der Waals surface area contributed by atoms with E-state index >= 15 is 0 Å². The Hall–Kier alpha value is -0.771. The zero-order chi connectivity index (χ0) is 17.4. The van der Waals surface area contributed by atoms with Gasteiger partial charge in [-0.1, -0.05) is 0 Å². The minimum atomic E-state index is -2.36. The standard InChI is InChI=1S/C9H6NO.3C4H9.Sn/c11-6-7-5-10-9-4-2-1-3-8(7)9;3*1-3-4-2;/h1,3-6,10H;3*1,3-4H2,2H3;. The quantitative estimate of drug-likeness (QED) is 0.340. The van der Waals surface area contributed by atoms with Gasteiger partial charge in [0, 0.05) is 0 Å². The maximum atomic E-state index is 11.2. The van der Waals surface area contributed by atoms with Crippen LogP contribution in [-0.2, 0) is 0 Å². The molecule has 1 aromatic heterocycles. The molecule has 0 bridgehead atoms. The number of unbranched alkanes of at least 4 members (excludes halogenated alkanes) is 3. The van der Waals surface area contributed by atoms with Crippen LogP contribution in [0.25, 0.3) is 10.9 Å². The Kier molecular flexibility index (Phi) is 7.86. The third kappa shape index (κ3) is 4.44. The van der Waals surface area contributed by atoms with Gasteiger partial charge in [0.2, 0.25) is 0 Å². The first kappa shape index (κ1) is 19.6. The minimum absolute atomic E-state index is 0.785. The number of aromatic nitrogens is 1. The first-order valence-electron chi connectivity index (χ1n) is 9.77. The number of fused-ring (bicyclic) bond motifs is 1. The van der Waals surface area contributed by atoms with Crippen molar-refractivity contribution in [2.45, 2.75) is 72.6 Å². The number of carbonyl (C=O) groups excluding carboxylic acids is 1. The fourth-order valence-electron chi connectivity index (χ4n) is 3.93. The second kappa shape index (κ2) is 9.64. The molecule has 0 atom stereocenters. The van der Waals surface area contributed by atoms with Crippen molar-refractivity contribution in [1.29, 1.82) is 0 Å². The summed E-state index contributed by atoms with van der Waals surface area (Å²) in [6.45, 7) is 6.96. The van der Waals surface area contributed by atoms with E-state index in [4.69, 9.17) is 0 Å². The average molecular weight is 434 g/mol. The molecule has 0 spiro atoms. The number of aromatic amines is 1. The van der Waals surface area contributed by atoms with Gasteiger partial charge >= 0.3 is 151 Å². The van der Waals surface area contributed by atoms with Gasteiger partial charge < -0.3 is 0 Å². The molecule has 2 aromatic rings. The Morgan fingerprint density at radius 1 is 0.958 bits per heavy atom. The molecule has 0 saturated carbocycles. The number of benzene rings is 1. The molecule has 0 saturated heterocycles. The maximum absolute atomic E-state index is 11.2. The molecule has 1 aromatic carbocycles. The molecule has 0 unspecified atom stereocenters. The summed E-state index contributed by atoms with van der Waals surface area (Å²) in [6, 6.07) is 6.97. The molecule has 3 heteroatoms. The second-order valence-electron chi connectivity index (χ2n) is 7.21. The van der Waals surface area contributed by atoms with Crippen molar-refractivity contribution >= 4 is 39.1 Å². The Bertz CT molecular complexity index is 625. The number of carbonyl (C=O) groups is 1. The zero-order valence-corrected chi connectivity index (χ0v) is 18.5. The topological polar surface area (TPSA) is 32.9 Å². The Balaban J connectivity index is 2.43. The summed E-state index contributed by atoms with van der Waals surface area (Å²) in [5.41, 5.74) is 1.94. The van der Waals surface area contributed by atoms with Crippen molar-refractivity contribution in [3.8, 4) is 0 Å². The fourth-order valence-corrected chi connectivity index (χ4v) is 19.9. The Labute approximate surface area is 151 Å². The molecule has 1 heterocycles. The SMILES string of the molecule is CCC[CH2][Sn]([CH2]CCC)([CH2]CCC)[c]1ccc2c(C=O)c[nH]c2c1. The molecule has 0 radical (unpaired) electrons. The van der Waals surface area contributed by atoms with Crippen LogP contribution < -0.4 is 3.58 Å². The number of hydrogen-bond acceptors (Lipinski definition) is 1. The van der Waals surface area contributed by atoms with Crippen molar-refractivity contribution in [2.75, 3.05) is 0 Å². The molecule has 1 N–H and O–H groups in total. The van der Waals surface area contributed by atoms with Crippen molar-refractivity contribution in [3.05, 3.63) is 30.0 Å². The van der Waals surface area contributed by atoms with Crippen molar-refractivity contribution in [2.24, 2.45) is 0 Å². The summed E-state index contributed by atoms with van der Waals surface area (Å²) < 4.78 is 6.12. The monoisotopic (exact) mass is 435 g/mol. The zero-order valence-electron chi connectivity index (χ0n) is 15.7. The molecule has 0 aliphatic rings. The molecule has 0 aliphatic heterocycles. The fraction of sp³-hybridized carbons (Fsp3) is 0.571. The summed E-state index contributed by atoms with van der Waals surface area (Å²) >= 11 is -2.36. The Morgan fingerprint density at radius 2 is 1.54 bits per heavy atom. The van der Waals surface area contributed by atoms with Gasteiger partial charge in [-0.25, -0.2) is 0 Å². The molecule has 2 rings (SSSR count). The summed E-state index contributed by atoms with van der Waals surface area (Å²) in [6.07, 6.45) is 10.9. The van der Waals surface area contributed by atoms with Crippen LogP contribution in [-0.4, -0.2) is 29.6 Å². The van der Waals surface area contributed by atoms with Crippen LogP contribution in [0.5, 0.6) is 0 Å². The van der Waals surface area contributed by atoms with E-state index in [0.29, 0.717) is 0 Å². The van der Waals surface area contributed by atoms with E-state index in [0.717, 1.165) is 22.8 Å². The number of nitrogens with one attached hydrogen (secondary N) is 1. The van der Waals surface area contributed by atoms with Crippen LogP contribution in [0.15, 0.2) is 24.4 Å². The van der Waals surface area contributed by atoms with Crippen LogP contribution in [0.1, 0.15) is 69.7 Å². The van der Waals surface area contributed by atoms with E-state index in [1.165, 1.54) is 51.8 Å². The van der Waals surface area contributed by atoms with Gasteiger partial charge in [0.25, 0.3) is 0 Å². The first-order chi connectivity index (χ1) is 11.7. The normalized spacial score (nSPS) is 12.0. The van der Waals surface area contributed by atoms with E-state index in [2.05, 4.69) is 44.0 Å². The third-order valence-corrected chi connectivity index (χ3v) is 21.1. The number of rotatable bonds is 11. The van der Waals surface area contributed by atoms with E-state index < -0.39 is 18.4 Å². The van der Waals surface area contributed by atoms with Gasteiger partial charge in [-0.15, -0.1) is 0 Å². The van der Waals surface area contributed by atoms with Crippen molar-refractivity contribution in [1.82, 2.24) is 4.98 Å². The average Bonchev–Trinajstić information content (AvgIpc) is 3.03. The van der Waals surface area contributed by atoms with Gasteiger partial charge in [0.15, 0.2) is 0 Å². The molecular weight excluding hydrogens is 401 g/mol. The van der Waals surface area contributed by atoms with Crippen LogP contribution >= 0.6 is 0 Å². The summed E-state index contributed by atoms with van der Waals surface area (Å²) in [5, 5.41) is 1.08. The third-order valence-electron chi connectivity index (χ3n) is 5.48. The van der Waals surface area contributed by atoms with Gasteiger partial charge in [0.05, 0.1) is 0 Å². The summed E-state index contributed by atoms with van der Waals surface area (Å²) in [7, 11) is 0. The second-order valence-corrected chi connectivity index (χ2v) is 20.5. The number of hydrogen-bond donors (Lipinski definition) is 1. The predicted molar refractivity (Wildman–Crippen MR) is 108 cm³/mol. The number of aldehydes is 1. The Morgan fingerprint density at radius 3 is 2.04 bits per heavy atom. The van der Waals surface area contributed by atoms with E-state index in [9.17, 15) is 4.79 Å². The van der Waals surface area contributed by atoms with Crippen molar-refractivity contribution < 1.29 is 4.79 Å². The summed E-state index contributed by atoms with van der Waals surface area (Å²) in [4.78, 5) is 14.5. The van der Waals surface area contributed by atoms with Crippen LogP contribution in [0, 0.1) is 0 Å². The van der Waals surface area contributed by atoms with E-state index in [1.54, 1.807) is 3.58 Å². The van der Waals surface area contributed by atoms with Gasteiger partial charge in [-0.2, -0.15) is 0 Å². The van der Waals surface area contributed by atoms with Crippen LogP contribution in [0.4, 0.5) is 0 Å². The molecular formula is C21H33NOSn. The van der Waals surface area contributed by atoms with Gasteiger partial charge in [-0.05, 0) is 0 Å². The molecule has 2 nitrogen and oxygen atoms in total. The van der Waals surface area contributed by atoms with Crippen LogP contribution in [0.3, 0.4) is 0 Å². The van der Waals surface area contributed by atoms with Gasteiger partial charge in [-0.3, -0.25) is 0 Å². The van der Waals surface area contributed by atoms with Gasteiger partial charge in [0.1, 0.15) is 0 Å². The summed E-state index contributed by atoms with van der Waals surface area (Å²) in [5.74, 6) is 0. The van der Waals surface area contributed by atoms with Crippen molar-refractivity contribution in [3.63, 3.8) is 0 Å². The molecule has 132 valence electrons. The van der Waals surface area contributed by atoms with E-state index in [-0.39, 0.29) is 0 Å². The molecule has 0 fully saturated rings.